The Bertz CT molecular complexity index is 482. The van der Waals surface area contributed by atoms with E-state index in [4.69, 9.17) is 5.11 Å². The molecule has 5 heteroatoms. The molecule has 108 valence electrons. The topological polar surface area (TPSA) is 66.4 Å². The molecule has 20 heavy (non-hydrogen) atoms. The van der Waals surface area contributed by atoms with Crippen molar-refractivity contribution in [2.24, 2.45) is 0 Å². The Hall–Kier alpha value is -1.75. The number of allylic oxidation sites excluding steroid dienone is 1. The van der Waals surface area contributed by atoms with E-state index in [1.807, 2.05) is 38.1 Å². The van der Waals surface area contributed by atoms with Crippen LogP contribution in [0.4, 0.5) is 0 Å². The molecule has 0 saturated heterocycles. The first-order valence-electron chi connectivity index (χ1n) is 6.35. The second-order valence-electron chi connectivity index (χ2n) is 4.36. The van der Waals surface area contributed by atoms with E-state index in [1.165, 1.54) is 11.8 Å². The minimum absolute atomic E-state index is 0.211. The fourth-order valence-corrected chi connectivity index (χ4v) is 2.22. The number of benzene rings is 1. The van der Waals surface area contributed by atoms with Crippen LogP contribution in [-0.4, -0.2) is 28.8 Å². The molecule has 0 fully saturated rings. The van der Waals surface area contributed by atoms with Crippen molar-refractivity contribution in [3.63, 3.8) is 0 Å². The summed E-state index contributed by atoms with van der Waals surface area (Å²) >= 11 is 1.39. The van der Waals surface area contributed by atoms with Crippen LogP contribution in [0, 0.1) is 6.92 Å². The maximum atomic E-state index is 11.7. The SMILES string of the molecule is C/C=C/CC(NC(=O)CSc1ccc(C)cc1)C(=O)O. The van der Waals surface area contributed by atoms with Gasteiger partial charge in [-0.3, -0.25) is 4.79 Å². The van der Waals surface area contributed by atoms with Crippen LogP contribution in [-0.2, 0) is 9.59 Å². The normalized spacial score (nSPS) is 12.3. The van der Waals surface area contributed by atoms with E-state index in [1.54, 1.807) is 12.2 Å². The van der Waals surface area contributed by atoms with E-state index in [-0.39, 0.29) is 11.7 Å². The molecule has 4 nitrogen and oxygen atoms in total. The Morgan fingerprint density at radius 3 is 2.55 bits per heavy atom. The maximum absolute atomic E-state index is 11.7. The molecule has 2 N–H and O–H groups in total. The van der Waals surface area contributed by atoms with Crippen LogP contribution < -0.4 is 5.32 Å². The number of thioether (sulfide) groups is 1. The fourth-order valence-electron chi connectivity index (χ4n) is 1.51. The van der Waals surface area contributed by atoms with Gasteiger partial charge in [-0.2, -0.15) is 0 Å². The first kappa shape index (κ1) is 16.3. The summed E-state index contributed by atoms with van der Waals surface area (Å²) in [5.41, 5.74) is 1.16. The number of carboxylic acid groups (broad SMARTS) is 1. The highest BCUT2D eigenvalue weighted by atomic mass is 32.2. The molecule has 0 aliphatic carbocycles. The minimum atomic E-state index is -1.02. The van der Waals surface area contributed by atoms with Gasteiger partial charge in [0.2, 0.25) is 5.91 Å². The number of carbonyl (C=O) groups is 2. The highest BCUT2D eigenvalue weighted by molar-refractivity contribution is 8.00. The first-order valence-corrected chi connectivity index (χ1v) is 7.34. The number of hydrogen-bond donors (Lipinski definition) is 2. The number of aryl methyl sites for hydroxylation is 1. The molecule has 0 radical (unpaired) electrons. The molecule has 0 aromatic heterocycles. The molecule has 0 aliphatic heterocycles. The van der Waals surface area contributed by atoms with E-state index in [0.717, 1.165) is 10.5 Å². The van der Waals surface area contributed by atoms with Gasteiger partial charge >= 0.3 is 5.97 Å². The molecule has 1 rings (SSSR count). The lowest BCUT2D eigenvalue weighted by Crippen LogP contribution is -2.41. The second kappa shape index (κ2) is 8.43. The Labute approximate surface area is 123 Å². The van der Waals surface area contributed by atoms with Crippen LogP contribution >= 0.6 is 11.8 Å². The predicted molar refractivity (Wildman–Crippen MR) is 80.9 cm³/mol. The molecule has 0 aliphatic rings. The molecular weight excluding hydrogens is 274 g/mol. The van der Waals surface area contributed by atoms with Gasteiger partial charge in [-0.05, 0) is 32.4 Å². The van der Waals surface area contributed by atoms with Crippen molar-refractivity contribution in [1.82, 2.24) is 5.32 Å². The zero-order valence-electron chi connectivity index (χ0n) is 11.6. The highest BCUT2D eigenvalue weighted by Crippen LogP contribution is 2.17. The summed E-state index contributed by atoms with van der Waals surface area (Å²) in [7, 11) is 0. The maximum Gasteiger partial charge on any atom is 0.326 e. The van der Waals surface area contributed by atoms with Crippen LogP contribution in [0.15, 0.2) is 41.3 Å². The summed E-state index contributed by atoms with van der Waals surface area (Å²) < 4.78 is 0. The monoisotopic (exact) mass is 293 g/mol. The van der Waals surface area contributed by atoms with Crippen molar-refractivity contribution < 1.29 is 14.7 Å². The summed E-state index contributed by atoms with van der Waals surface area (Å²) in [5.74, 6) is -1.08. The van der Waals surface area contributed by atoms with Crippen molar-refractivity contribution in [3.05, 3.63) is 42.0 Å². The van der Waals surface area contributed by atoms with E-state index in [2.05, 4.69) is 5.32 Å². The summed E-state index contributed by atoms with van der Waals surface area (Å²) in [4.78, 5) is 23.7. The number of carbonyl (C=O) groups excluding carboxylic acids is 1. The third-order valence-electron chi connectivity index (χ3n) is 2.63. The first-order chi connectivity index (χ1) is 9.52. The van der Waals surface area contributed by atoms with Crippen LogP contribution in [0.25, 0.3) is 0 Å². The molecule has 0 saturated carbocycles. The van der Waals surface area contributed by atoms with E-state index in [9.17, 15) is 9.59 Å². The minimum Gasteiger partial charge on any atom is -0.480 e. The van der Waals surface area contributed by atoms with Crippen LogP contribution in [0.3, 0.4) is 0 Å². The molecule has 1 aromatic rings. The van der Waals surface area contributed by atoms with Gasteiger partial charge in [0.1, 0.15) is 6.04 Å². The lowest BCUT2D eigenvalue weighted by molar-refractivity contribution is -0.141. The number of amides is 1. The number of carboxylic acids is 1. The average Bonchev–Trinajstić information content (AvgIpc) is 2.42. The summed E-state index contributed by atoms with van der Waals surface area (Å²) in [6.45, 7) is 3.81. The van der Waals surface area contributed by atoms with Gasteiger partial charge in [-0.15, -0.1) is 11.8 Å². The molecule has 1 amide bonds. The average molecular weight is 293 g/mol. The van der Waals surface area contributed by atoms with Crippen molar-refractivity contribution in [2.75, 3.05) is 5.75 Å². The van der Waals surface area contributed by atoms with Crippen molar-refractivity contribution in [2.45, 2.75) is 31.2 Å². The van der Waals surface area contributed by atoms with Crippen LogP contribution in [0.1, 0.15) is 18.9 Å². The molecule has 1 unspecified atom stereocenters. The van der Waals surface area contributed by atoms with Crippen molar-refractivity contribution >= 4 is 23.6 Å². The lowest BCUT2D eigenvalue weighted by Gasteiger charge is -2.12. The van der Waals surface area contributed by atoms with E-state index in [0.29, 0.717) is 6.42 Å². The highest BCUT2D eigenvalue weighted by Gasteiger charge is 2.18. The Balaban J connectivity index is 2.45. The third-order valence-corrected chi connectivity index (χ3v) is 3.64. The van der Waals surface area contributed by atoms with Gasteiger partial charge in [-0.25, -0.2) is 4.79 Å². The van der Waals surface area contributed by atoms with Gasteiger partial charge in [0.05, 0.1) is 5.75 Å². The zero-order chi connectivity index (χ0) is 15.0. The predicted octanol–water partition coefficient (Wildman–Crippen LogP) is 2.62. The molecule has 1 aromatic carbocycles. The van der Waals surface area contributed by atoms with E-state index >= 15 is 0 Å². The van der Waals surface area contributed by atoms with E-state index < -0.39 is 12.0 Å². The molecule has 0 heterocycles. The fraction of sp³-hybridized carbons (Fsp3) is 0.333. The van der Waals surface area contributed by atoms with Crippen molar-refractivity contribution in [3.8, 4) is 0 Å². The third kappa shape index (κ3) is 5.93. The largest absolute Gasteiger partial charge is 0.480 e. The smallest absolute Gasteiger partial charge is 0.326 e. The standard InChI is InChI=1S/C15H19NO3S/c1-3-4-5-13(15(18)19)16-14(17)10-20-12-8-6-11(2)7-9-12/h3-4,6-9,13H,5,10H2,1-2H3,(H,16,17)(H,18,19)/b4-3+. The Kier molecular flexibility index (Phi) is 6.87. The summed E-state index contributed by atoms with van der Waals surface area (Å²) in [5, 5.41) is 11.5. The zero-order valence-corrected chi connectivity index (χ0v) is 12.4. The van der Waals surface area contributed by atoms with Gasteiger partial charge in [0, 0.05) is 4.90 Å². The Morgan fingerprint density at radius 2 is 2.00 bits per heavy atom. The molecule has 1 atom stereocenters. The second-order valence-corrected chi connectivity index (χ2v) is 5.41. The molecule has 0 spiro atoms. The van der Waals surface area contributed by atoms with Crippen molar-refractivity contribution in [1.29, 1.82) is 0 Å². The number of aliphatic carboxylic acids is 1. The summed E-state index contributed by atoms with van der Waals surface area (Å²) in [6.07, 6.45) is 3.79. The lowest BCUT2D eigenvalue weighted by atomic mass is 10.2. The summed E-state index contributed by atoms with van der Waals surface area (Å²) in [6, 6.07) is 6.99. The van der Waals surface area contributed by atoms with Gasteiger partial charge < -0.3 is 10.4 Å². The molecule has 0 bridgehead atoms. The van der Waals surface area contributed by atoms with Crippen LogP contribution in [0.2, 0.25) is 0 Å². The van der Waals surface area contributed by atoms with Crippen LogP contribution in [0.5, 0.6) is 0 Å². The molecular formula is C15H19NO3S. The number of nitrogens with one attached hydrogen (secondary N) is 1. The quantitative estimate of drug-likeness (QED) is 0.599. The number of rotatable bonds is 7. The van der Waals surface area contributed by atoms with Gasteiger partial charge in [0.15, 0.2) is 0 Å². The number of hydrogen-bond acceptors (Lipinski definition) is 3. The Morgan fingerprint density at radius 1 is 1.35 bits per heavy atom. The van der Waals surface area contributed by atoms with Gasteiger partial charge in [0.25, 0.3) is 0 Å². The van der Waals surface area contributed by atoms with Gasteiger partial charge in [-0.1, -0.05) is 29.8 Å².